The summed E-state index contributed by atoms with van der Waals surface area (Å²) in [4.78, 5) is 16.5. The van der Waals surface area contributed by atoms with Gasteiger partial charge in [0.1, 0.15) is 12.2 Å². The van der Waals surface area contributed by atoms with E-state index in [1.807, 2.05) is 0 Å². The molecule has 0 bridgehead atoms. The molecule has 0 saturated heterocycles. The highest BCUT2D eigenvalue weighted by molar-refractivity contribution is 5.97. The van der Waals surface area contributed by atoms with Crippen molar-refractivity contribution in [1.82, 2.24) is 4.98 Å². The number of nitrogens with zero attached hydrogens (tertiary/aromatic N) is 1. The van der Waals surface area contributed by atoms with E-state index in [-0.39, 0.29) is 5.91 Å². The average Bonchev–Trinajstić information content (AvgIpc) is 2.99. The van der Waals surface area contributed by atoms with Gasteiger partial charge in [-0.25, -0.2) is 4.98 Å². The molecule has 6 nitrogen and oxygen atoms in total. The minimum Gasteiger partial charge on any atom is -0.475 e. The van der Waals surface area contributed by atoms with Gasteiger partial charge in [-0.3, -0.25) is 4.79 Å². The second-order valence-electron chi connectivity index (χ2n) is 5.09. The molecule has 1 saturated carbocycles. The van der Waals surface area contributed by atoms with Gasteiger partial charge in [-0.2, -0.15) is 0 Å². The van der Waals surface area contributed by atoms with Crippen LogP contribution in [0.2, 0.25) is 0 Å². The second kappa shape index (κ2) is 7.38. The van der Waals surface area contributed by atoms with Gasteiger partial charge < -0.3 is 19.5 Å². The highest BCUT2D eigenvalue weighted by atomic mass is 16.5. The van der Waals surface area contributed by atoms with Crippen LogP contribution in [0.25, 0.3) is 0 Å². The molecule has 0 atom stereocenters. The molecule has 1 N–H and O–H groups in total. The van der Waals surface area contributed by atoms with Crippen molar-refractivity contribution in [2.45, 2.75) is 31.3 Å². The van der Waals surface area contributed by atoms with Crippen LogP contribution in [0.5, 0.6) is 5.88 Å². The van der Waals surface area contributed by atoms with Gasteiger partial charge in [-0.15, -0.1) is 0 Å². The number of hydrogen-bond donors (Lipinski definition) is 1. The van der Waals surface area contributed by atoms with E-state index in [0.29, 0.717) is 24.8 Å². The number of ether oxygens (including phenoxy) is 3. The first kappa shape index (κ1) is 15.7. The third-order valence-electron chi connectivity index (χ3n) is 3.75. The van der Waals surface area contributed by atoms with E-state index in [4.69, 9.17) is 14.2 Å². The van der Waals surface area contributed by atoms with Crippen molar-refractivity contribution in [1.29, 1.82) is 0 Å². The Morgan fingerprint density at radius 2 is 2.05 bits per heavy atom. The minimum absolute atomic E-state index is 0.0997. The molecule has 21 heavy (non-hydrogen) atoms. The number of amides is 1. The molecular formula is C15H22N2O4. The lowest BCUT2D eigenvalue weighted by Gasteiger charge is -2.25. The summed E-state index contributed by atoms with van der Waals surface area (Å²) in [5, 5.41) is 2.86. The van der Waals surface area contributed by atoms with E-state index in [0.717, 1.165) is 25.7 Å². The standard InChI is InChI=1S/C15H22N2O4/c1-19-9-10-21-13-6-5-12(11-16-13)17-14(18)15(20-2)7-3-4-8-15/h5-6,11H,3-4,7-10H2,1-2H3,(H,17,18). The quantitative estimate of drug-likeness (QED) is 0.779. The summed E-state index contributed by atoms with van der Waals surface area (Å²) in [6.07, 6.45) is 5.15. The summed E-state index contributed by atoms with van der Waals surface area (Å²) in [7, 11) is 3.21. The molecule has 1 amide bonds. The largest absolute Gasteiger partial charge is 0.475 e. The van der Waals surface area contributed by atoms with E-state index in [1.165, 1.54) is 0 Å². The summed E-state index contributed by atoms with van der Waals surface area (Å²) >= 11 is 0. The third-order valence-corrected chi connectivity index (χ3v) is 3.75. The number of aromatic nitrogens is 1. The predicted molar refractivity (Wildman–Crippen MR) is 78.4 cm³/mol. The Balaban J connectivity index is 1.92. The first-order valence-electron chi connectivity index (χ1n) is 7.14. The number of nitrogens with one attached hydrogen (secondary N) is 1. The smallest absolute Gasteiger partial charge is 0.256 e. The Hall–Kier alpha value is -1.66. The lowest BCUT2D eigenvalue weighted by Crippen LogP contribution is -2.42. The molecule has 0 aliphatic heterocycles. The van der Waals surface area contributed by atoms with Crippen molar-refractivity contribution in [3.63, 3.8) is 0 Å². The molecule has 0 unspecified atom stereocenters. The van der Waals surface area contributed by atoms with Gasteiger partial charge in [-0.05, 0) is 31.7 Å². The van der Waals surface area contributed by atoms with Gasteiger partial charge in [0.25, 0.3) is 5.91 Å². The molecule has 1 heterocycles. The average molecular weight is 294 g/mol. The highest BCUT2D eigenvalue weighted by Crippen LogP contribution is 2.33. The van der Waals surface area contributed by atoms with E-state index in [1.54, 1.807) is 32.5 Å². The van der Waals surface area contributed by atoms with Crippen LogP contribution in [-0.2, 0) is 14.3 Å². The molecule has 1 fully saturated rings. The van der Waals surface area contributed by atoms with Crippen LogP contribution >= 0.6 is 0 Å². The number of carbonyl (C=O) groups excluding carboxylic acids is 1. The van der Waals surface area contributed by atoms with Crippen molar-refractivity contribution in [3.8, 4) is 5.88 Å². The molecule has 6 heteroatoms. The number of rotatable bonds is 7. The summed E-state index contributed by atoms with van der Waals surface area (Å²) < 4.78 is 15.7. The van der Waals surface area contributed by atoms with Crippen LogP contribution in [0.1, 0.15) is 25.7 Å². The highest BCUT2D eigenvalue weighted by Gasteiger charge is 2.41. The molecule has 0 radical (unpaired) electrons. The maximum Gasteiger partial charge on any atom is 0.256 e. The number of anilines is 1. The minimum atomic E-state index is -0.687. The van der Waals surface area contributed by atoms with Gasteiger partial charge in [0.2, 0.25) is 5.88 Å². The summed E-state index contributed by atoms with van der Waals surface area (Å²) in [6, 6.07) is 3.49. The number of carbonyl (C=O) groups is 1. The summed E-state index contributed by atoms with van der Waals surface area (Å²) in [6.45, 7) is 0.957. The zero-order valence-corrected chi connectivity index (χ0v) is 12.6. The number of methoxy groups -OCH3 is 2. The first-order valence-corrected chi connectivity index (χ1v) is 7.14. The van der Waals surface area contributed by atoms with E-state index in [9.17, 15) is 4.79 Å². The molecule has 1 aromatic rings. The van der Waals surface area contributed by atoms with Crippen molar-refractivity contribution in [3.05, 3.63) is 18.3 Å². The number of pyridine rings is 1. The topological polar surface area (TPSA) is 69.7 Å². The van der Waals surface area contributed by atoms with E-state index in [2.05, 4.69) is 10.3 Å². The molecule has 0 spiro atoms. The lowest BCUT2D eigenvalue weighted by atomic mass is 10.0. The van der Waals surface area contributed by atoms with E-state index < -0.39 is 5.60 Å². The Bertz CT molecular complexity index is 455. The Kier molecular flexibility index (Phi) is 5.52. The molecule has 2 rings (SSSR count). The van der Waals surface area contributed by atoms with Crippen LogP contribution < -0.4 is 10.1 Å². The van der Waals surface area contributed by atoms with Gasteiger partial charge >= 0.3 is 0 Å². The van der Waals surface area contributed by atoms with Gasteiger partial charge in [-0.1, -0.05) is 0 Å². The molecular weight excluding hydrogens is 272 g/mol. The van der Waals surface area contributed by atoms with Gasteiger partial charge in [0.05, 0.1) is 18.5 Å². The Labute approximate surface area is 124 Å². The second-order valence-corrected chi connectivity index (χ2v) is 5.09. The molecule has 0 aromatic carbocycles. The molecule has 1 aromatic heterocycles. The van der Waals surface area contributed by atoms with Crippen molar-refractivity contribution >= 4 is 11.6 Å². The fourth-order valence-corrected chi connectivity index (χ4v) is 2.48. The summed E-state index contributed by atoms with van der Waals surface area (Å²) in [5.41, 5.74) is -0.0457. The molecule has 116 valence electrons. The lowest BCUT2D eigenvalue weighted by molar-refractivity contribution is -0.137. The SMILES string of the molecule is COCCOc1ccc(NC(=O)C2(OC)CCCC2)cn1. The number of hydrogen-bond acceptors (Lipinski definition) is 5. The predicted octanol–water partition coefficient (Wildman–Crippen LogP) is 2.00. The molecule has 1 aliphatic carbocycles. The van der Waals surface area contributed by atoms with Crippen molar-refractivity contribution < 1.29 is 19.0 Å². The van der Waals surface area contributed by atoms with Gasteiger partial charge in [0.15, 0.2) is 0 Å². The maximum absolute atomic E-state index is 12.4. The monoisotopic (exact) mass is 294 g/mol. The Morgan fingerprint density at radius 3 is 2.62 bits per heavy atom. The van der Waals surface area contributed by atoms with Gasteiger partial charge in [0, 0.05) is 20.3 Å². The third kappa shape index (κ3) is 3.92. The van der Waals surface area contributed by atoms with Crippen LogP contribution in [0.3, 0.4) is 0 Å². The van der Waals surface area contributed by atoms with Crippen LogP contribution in [0.4, 0.5) is 5.69 Å². The van der Waals surface area contributed by atoms with E-state index >= 15 is 0 Å². The molecule has 1 aliphatic rings. The fraction of sp³-hybridized carbons (Fsp3) is 0.600. The Morgan fingerprint density at radius 1 is 1.29 bits per heavy atom. The zero-order valence-electron chi connectivity index (χ0n) is 12.6. The van der Waals surface area contributed by atoms with Crippen molar-refractivity contribution in [2.24, 2.45) is 0 Å². The summed E-state index contributed by atoms with van der Waals surface area (Å²) in [5.74, 6) is 0.407. The van der Waals surface area contributed by atoms with Crippen LogP contribution in [0.15, 0.2) is 18.3 Å². The van der Waals surface area contributed by atoms with Crippen LogP contribution in [-0.4, -0.2) is 43.9 Å². The normalized spacial score (nSPS) is 16.7. The first-order chi connectivity index (χ1) is 10.2. The maximum atomic E-state index is 12.4. The zero-order chi connectivity index (χ0) is 15.1. The fourth-order valence-electron chi connectivity index (χ4n) is 2.48. The van der Waals surface area contributed by atoms with Crippen LogP contribution in [0, 0.1) is 0 Å². The van der Waals surface area contributed by atoms with Crippen molar-refractivity contribution in [2.75, 3.05) is 32.8 Å².